The van der Waals surface area contributed by atoms with Crippen LogP contribution in [0, 0.1) is 4.91 Å². The van der Waals surface area contributed by atoms with Gasteiger partial charge in [-0.25, -0.2) is 0 Å². The maximum Gasteiger partial charge on any atom is 1.00 e. The van der Waals surface area contributed by atoms with Gasteiger partial charge in [-0.2, -0.15) is 0 Å². The first-order valence-corrected chi connectivity index (χ1v) is 3.00. The van der Waals surface area contributed by atoms with Gasteiger partial charge in [0, 0.05) is 0 Å². The molecule has 0 rings (SSSR count). The molecule has 0 heterocycles. The number of hydrogen-bond donors (Lipinski definition) is 0. The first kappa shape index (κ1) is 12.2. The van der Waals surface area contributed by atoms with Crippen molar-refractivity contribution in [2.24, 2.45) is 5.18 Å². The van der Waals surface area contributed by atoms with Gasteiger partial charge in [-0.1, -0.05) is 32.9 Å². The maximum absolute atomic E-state index is 9.51. The van der Waals surface area contributed by atoms with E-state index in [2.05, 4.69) is 32.9 Å². The van der Waals surface area contributed by atoms with Crippen LogP contribution in [0.1, 0.15) is 1.43 Å². The molecule has 2 nitrogen and oxygen atoms in total. The molecule has 0 aromatic rings. The van der Waals surface area contributed by atoms with Crippen LogP contribution < -0.4 is 51.4 Å². The Balaban J connectivity index is -0.000000125. The maximum atomic E-state index is 9.51. The molecule has 3 atom stereocenters. The molecule has 0 aromatic heterocycles. The van der Waals surface area contributed by atoms with Crippen molar-refractivity contribution in [2.45, 2.75) is 4.76 Å². The Morgan fingerprint density at radius 2 is 1.57 bits per heavy atom. The van der Waals surface area contributed by atoms with Gasteiger partial charge in [0.1, 0.15) is 4.76 Å². The van der Waals surface area contributed by atoms with Crippen molar-refractivity contribution in [3.05, 3.63) is 4.91 Å². The van der Waals surface area contributed by atoms with Gasteiger partial charge >= 0.3 is 51.4 Å². The van der Waals surface area contributed by atoms with E-state index < -0.39 is 4.76 Å². The average molecular weight is 181 g/mol. The molecule has 0 saturated carbocycles. The standard InChI is InChI=1S/CH6NOP3.K.H/c3-2-1(4,5)6;;/h4-6H2;;/q;+1;-1. The molecule has 0 aliphatic heterocycles. The summed E-state index contributed by atoms with van der Waals surface area (Å²) in [5.74, 6) is 0. The molecule has 0 amide bonds. The molecule has 7 heavy (non-hydrogen) atoms. The van der Waals surface area contributed by atoms with Crippen LogP contribution in [0.25, 0.3) is 0 Å². The quantitative estimate of drug-likeness (QED) is 0.264. The zero-order valence-electron chi connectivity index (χ0n) is 5.09. The van der Waals surface area contributed by atoms with E-state index in [1.165, 1.54) is 0 Å². The zero-order chi connectivity index (χ0) is 5.21. The zero-order valence-corrected chi connectivity index (χ0v) is 10.7. The summed E-state index contributed by atoms with van der Waals surface area (Å²) < 4.78 is -0.639. The molecule has 3 unspecified atom stereocenters. The minimum atomic E-state index is -0.639. The second-order valence-electron chi connectivity index (χ2n) is 0.979. The molecule has 0 saturated heterocycles. The predicted molar refractivity (Wildman–Crippen MR) is 38.8 cm³/mol. The fraction of sp³-hybridized carbons (Fsp3) is 1.00. The first-order valence-electron chi connectivity index (χ1n) is 1.27. The van der Waals surface area contributed by atoms with Gasteiger partial charge < -0.3 is 1.43 Å². The Kier molecular flexibility index (Phi) is 9.30. The third-order valence-electron chi connectivity index (χ3n) is 0.158. The van der Waals surface area contributed by atoms with Crippen LogP contribution in [-0.2, 0) is 0 Å². The number of hydrogen-bond acceptors (Lipinski definition) is 2. The van der Waals surface area contributed by atoms with Gasteiger partial charge in [0.25, 0.3) is 0 Å². The Morgan fingerprint density at radius 1 is 1.43 bits per heavy atom. The van der Waals surface area contributed by atoms with Crippen molar-refractivity contribution in [2.75, 3.05) is 0 Å². The molecule has 6 heteroatoms. The number of nitroso groups, excluding NO2 is 1. The van der Waals surface area contributed by atoms with E-state index in [4.69, 9.17) is 0 Å². The molecular weight excluding hydrogens is 174 g/mol. The normalized spacial score (nSPS) is 9.57. The van der Waals surface area contributed by atoms with Crippen LogP contribution in [0.3, 0.4) is 0 Å². The molecule has 0 fully saturated rings. The Morgan fingerprint density at radius 3 is 1.57 bits per heavy atom. The van der Waals surface area contributed by atoms with Gasteiger partial charge in [-0.3, -0.25) is 0 Å². The van der Waals surface area contributed by atoms with Crippen LogP contribution >= 0.6 is 27.7 Å². The van der Waals surface area contributed by atoms with Gasteiger partial charge in [0.15, 0.2) is 0 Å². The summed E-state index contributed by atoms with van der Waals surface area (Å²) in [6.07, 6.45) is 0. The molecule has 0 aliphatic carbocycles. The molecule has 0 spiro atoms. The van der Waals surface area contributed by atoms with Crippen molar-refractivity contribution in [1.82, 2.24) is 0 Å². The molecule has 38 valence electrons. The fourth-order valence-electron chi connectivity index (χ4n) is 0. The van der Waals surface area contributed by atoms with Crippen LogP contribution in [0.5, 0.6) is 0 Å². The average Bonchev–Trinajstić information content (AvgIpc) is 1.35. The minimum absolute atomic E-state index is 0. The first-order chi connectivity index (χ1) is 2.56. The minimum Gasteiger partial charge on any atom is -1.00 e. The van der Waals surface area contributed by atoms with Crippen molar-refractivity contribution in [3.63, 3.8) is 0 Å². The summed E-state index contributed by atoms with van der Waals surface area (Å²) in [4.78, 5) is 9.51. The molecule has 0 radical (unpaired) electrons. The van der Waals surface area contributed by atoms with Gasteiger partial charge in [0.05, 0.1) is 0 Å². The monoisotopic (exact) mass is 181 g/mol. The van der Waals surface area contributed by atoms with E-state index in [0.29, 0.717) is 0 Å². The van der Waals surface area contributed by atoms with Crippen LogP contribution in [0.15, 0.2) is 5.18 Å². The second-order valence-corrected chi connectivity index (χ2v) is 5.75. The molecule has 0 aliphatic rings. The van der Waals surface area contributed by atoms with Crippen molar-refractivity contribution in [3.8, 4) is 0 Å². The summed E-state index contributed by atoms with van der Waals surface area (Å²) in [5.41, 5.74) is 0. The summed E-state index contributed by atoms with van der Waals surface area (Å²) in [6.45, 7) is 0. The van der Waals surface area contributed by atoms with Gasteiger partial charge in [-0.05, 0) is 0 Å². The number of rotatable bonds is 1. The van der Waals surface area contributed by atoms with E-state index in [1.807, 2.05) is 0 Å². The second kappa shape index (κ2) is 5.32. The third kappa shape index (κ3) is 11.9. The fourth-order valence-corrected chi connectivity index (χ4v) is 0. The van der Waals surface area contributed by atoms with Crippen molar-refractivity contribution < 1.29 is 52.8 Å². The van der Waals surface area contributed by atoms with E-state index >= 15 is 0 Å². The Bertz CT molecular complexity index is 64.8. The predicted octanol–water partition coefficient (Wildman–Crippen LogP) is -1.89. The van der Waals surface area contributed by atoms with Crippen molar-refractivity contribution in [1.29, 1.82) is 0 Å². The van der Waals surface area contributed by atoms with E-state index in [0.717, 1.165) is 0 Å². The van der Waals surface area contributed by atoms with Gasteiger partial charge in [0.2, 0.25) is 0 Å². The van der Waals surface area contributed by atoms with E-state index in [9.17, 15) is 4.91 Å². The van der Waals surface area contributed by atoms with E-state index in [-0.39, 0.29) is 52.8 Å². The number of nitrogens with zero attached hydrogens (tertiary/aromatic N) is 1. The third-order valence-corrected chi connectivity index (χ3v) is 0.474. The summed E-state index contributed by atoms with van der Waals surface area (Å²) in [7, 11) is 6.72. The largest absolute Gasteiger partial charge is 1.00 e. The van der Waals surface area contributed by atoms with Crippen LogP contribution in [0.2, 0.25) is 0 Å². The summed E-state index contributed by atoms with van der Waals surface area (Å²) in [5, 5.41) is 2.66. The van der Waals surface area contributed by atoms with E-state index in [1.54, 1.807) is 0 Å². The van der Waals surface area contributed by atoms with Crippen LogP contribution in [0.4, 0.5) is 0 Å². The van der Waals surface area contributed by atoms with Crippen molar-refractivity contribution >= 4 is 27.7 Å². The summed E-state index contributed by atoms with van der Waals surface area (Å²) in [6, 6.07) is 0. The topological polar surface area (TPSA) is 29.4 Å². The molecule has 0 aromatic carbocycles. The Labute approximate surface area is 93.8 Å². The smallest absolute Gasteiger partial charge is 1.00 e. The SMILES string of the molecule is O=NC(P)(P)P.[H-].[K+]. The molecule has 0 bridgehead atoms. The van der Waals surface area contributed by atoms with Gasteiger partial charge in [-0.15, -0.1) is 4.91 Å². The molecular formula is CH7KNOP3. The molecule has 0 N–H and O–H groups in total. The Hall–Kier alpha value is 2.53. The summed E-state index contributed by atoms with van der Waals surface area (Å²) >= 11 is 0. The van der Waals surface area contributed by atoms with Crippen LogP contribution in [-0.4, -0.2) is 4.76 Å².